The Hall–Kier alpha value is -3.45. The second kappa shape index (κ2) is 10.3. The first-order chi connectivity index (χ1) is 20.5. The summed E-state index contributed by atoms with van der Waals surface area (Å²) in [4.78, 5) is 17.8. The van der Waals surface area contributed by atoms with Gasteiger partial charge in [-0.1, -0.05) is 0 Å². The first kappa shape index (κ1) is 28.3. The Kier molecular flexibility index (Phi) is 6.80. The van der Waals surface area contributed by atoms with Gasteiger partial charge in [-0.2, -0.15) is 5.10 Å². The van der Waals surface area contributed by atoms with Crippen molar-refractivity contribution in [3.8, 4) is 0 Å². The predicted molar refractivity (Wildman–Crippen MR) is 164 cm³/mol. The number of rotatable bonds is 7. The van der Waals surface area contributed by atoms with Crippen molar-refractivity contribution in [3.63, 3.8) is 0 Å². The molecule has 230 valence electrons. The summed E-state index contributed by atoms with van der Waals surface area (Å²) in [6.07, 6.45) is 4.18. The molecule has 3 aliphatic heterocycles. The number of nitrogens with zero attached hydrogens (tertiary/aromatic N) is 4. The number of fused-ring (bicyclic) bond motifs is 1. The molecular formula is C30H37F2N7O3S. The second-order valence-corrected chi connectivity index (χ2v) is 14.6. The van der Waals surface area contributed by atoms with Gasteiger partial charge in [0.1, 0.15) is 5.25 Å². The number of amides is 1. The van der Waals surface area contributed by atoms with Crippen LogP contribution in [0.25, 0.3) is 10.9 Å². The van der Waals surface area contributed by atoms with E-state index in [1.165, 1.54) is 12.8 Å². The third kappa shape index (κ3) is 5.52. The molecule has 1 saturated carbocycles. The van der Waals surface area contributed by atoms with Gasteiger partial charge in [-0.3, -0.25) is 14.2 Å². The van der Waals surface area contributed by atoms with E-state index in [0.29, 0.717) is 46.9 Å². The lowest BCUT2D eigenvalue weighted by Crippen LogP contribution is -2.53. The van der Waals surface area contributed by atoms with Crippen LogP contribution in [0.1, 0.15) is 48.9 Å². The summed E-state index contributed by atoms with van der Waals surface area (Å²) in [5.74, 6) is -2.33. The van der Waals surface area contributed by atoms with Crippen molar-refractivity contribution in [3.05, 3.63) is 42.0 Å². The van der Waals surface area contributed by atoms with Gasteiger partial charge >= 0.3 is 0 Å². The topological polar surface area (TPSA) is 112 Å². The third-order valence-electron chi connectivity index (χ3n) is 9.69. The van der Waals surface area contributed by atoms with Gasteiger partial charge in [0.15, 0.2) is 5.82 Å². The minimum absolute atomic E-state index is 0.212. The third-order valence-corrected chi connectivity index (χ3v) is 11.4. The average molecular weight is 614 g/mol. The van der Waals surface area contributed by atoms with Gasteiger partial charge in [-0.05, 0) is 67.5 Å². The van der Waals surface area contributed by atoms with Crippen LogP contribution in [-0.2, 0) is 17.1 Å². The van der Waals surface area contributed by atoms with Crippen molar-refractivity contribution in [2.24, 2.45) is 12.5 Å². The molecule has 0 unspecified atom stereocenters. The number of sulfonamides is 1. The Balaban J connectivity index is 1.16. The maximum Gasteiger partial charge on any atom is 0.257 e. The molecule has 2 aromatic carbocycles. The summed E-state index contributed by atoms with van der Waals surface area (Å²) in [5, 5.41) is 10.9. The molecule has 13 heteroatoms. The Labute approximate surface area is 249 Å². The van der Waals surface area contributed by atoms with E-state index in [9.17, 15) is 22.0 Å². The van der Waals surface area contributed by atoms with Crippen LogP contribution < -0.4 is 25.2 Å². The molecule has 43 heavy (non-hydrogen) atoms. The van der Waals surface area contributed by atoms with E-state index in [2.05, 4.69) is 25.4 Å². The molecule has 7 rings (SSSR count). The molecule has 1 spiro atoms. The molecule has 0 radical (unpaired) electrons. The summed E-state index contributed by atoms with van der Waals surface area (Å²) in [6, 6.07) is 10.6. The number of halogens is 2. The van der Waals surface area contributed by atoms with Gasteiger partial charge in [0.2, 0.25) is 10.0 Å². The number of hydrogen-bond acceptors (Lipinski definition) is 7. The maximum atomic E-state index is 13.8. The highest BCUT2D eigenvalue weighted by molar-refractivity contribution is 7.93. The lowest BCUT2D eigenvalue weighted by Gasteiger charge is -2.35. The van der Waals surface area contributed by atoms with Gasteiger partial charge in [-0.15, -0.1) is 0 Å². The highest BCUT2D eigenvalue weighted by Gasteiger charge is 2.45. The van der Waals surface area contributed by atoms with Gasteiger partial charge < -0.3 is 20.4 Å². The molecule has 0 bridgehead atoms. The number of alkyl halides is 2. The molecule has 3 N–H and O–H groups in total. The number of nitrogens with one attached hydrogen (secondary N) is 3. The Morgan fingerprint density at radius 3 is 2.26 bits per heavy atom. The van der Waals surface area contributed by atoms with Gasteiger partial charge in [0, 0.05) is 70.2 Å². The van der Waals surface area contributed by atoms with Crippen LogP contribution in [0.4, 0.5) is 31.7 Å². The molecular weight excluding hydrogens is 576 g/mol. The molecule has 0 atom stereocenters. The molecule has 4 fully saturated rings. The summed E-state index contributed by atoms with van der Waals surface area (Å²) in [5.41, 5.74) is 3.46. The van der Waals surface area contributed by atoms with Crippen molar-refractivity contribution in [1.29, 1.82) is 0 Å². The van der Waals surface area contributed by atoms with E-state index in [0.717, 1.165) is 36.8 Å². The van der Waals surface area contributed by atoms with Crippen molar-refractivity contribution in [2.45, 2.75) is 49.7 Å². The summed E-state index contributed by atoms with van der Waals surface area (Å²) < 4.78 is 57.7. The number of carbonyl (C=O) groups is 1. The van der Waals surface area contributed by atoms with Crippen LogP contribution in [0.3, 0.4) is 0 Å². The fourth-order valence-electron chi connectivity index (χ4n) is 6.48. The number of aromatic nitrogens is 2. The highest BCUT2D eigenvalue weighted by Crippen LogP contribution is 2.54. The lowest BCUT2D eigenvalue weighted by molar-refractivity contribution is -0.0221. The van der Waals surface area contributed by atoms with Gasteiger partial charge in [0.25, 0.3) is 11.8 Å². The average Bonchev–Trinajstić information content (AvgIpc) is 3.60. The normalized spacial score (nSPS) is 21.6. The molecule has 10 nitrogen and oxygen atoms in total. The van der Waals surface area contributed by atoms with E-state index in [1.807, 2.05) is 30.1 Å². The second-order valence-electron chi connectivity index (χ2n) is 12.6. The molecule has 4 aliphatic rings. The smallest absolute Gasteiger partial charge is 0.257 e. The first-order valence-electron chi connectivity index (χ1n) is 15.0. The number of carbonyl (C=O) groups excluding carboxylic acids is 1. The summed E-state index contributed by atoms with van der Waals surface area (Å²) >= 11 is 0. The quantitative estimate of drug-likeness (QED) is 0.367. The zero-order valence-electron chi connectivity index (χ0n) is 24.2. The predicted octanol–water partition coefficient (Wildman–Crippen LogP) is 4.16. The van der Waals surface area contributed by atoms with Crippen molar-refractivity contribution < 1.29 is 22.0 Å². The largest absolute Gasteiger partial charge is 0.371 e. The van der Waals surface area contributed by atoms with Crippen LogP contribution in [-0.4, -0.2) is 74.5 Å². The van der Waals surface area contributed by atoms with Crippen molar-refractivity contribution in [2.75, 3.05) is 59.1 Å². The van der Waals surface area contributed by atoms with Gasteiger partial charge in [0.05, 0.1) is 22.5 Å². The number of anilines is 4. The summed E-state index contributed by atoms with van der Waals surface area (Å²) in [6.45, 7) is 2.88. The number of hydrogen-bond donors (Lipinski definition) is 3. The van der Waals surface area contributed by atoms with Gasteiger partial charge in [-0.25, -0.2) is 17.2 Å². The van der Waals surface area contributed by atoms with Crippen molar-refractivity contribution in [1.82, 2.24) is 15.1 Å². The highest BCUT2D eigenvalue weighted by atomic mass is 32.2. The van der Waals surface area contributed by atoms with E-state index in [4.69, 9.17) is 0 Å². The molecule has 3 saturated heterocycles. The number of aryl methyl sites for hydroxylation is 1. The monoisotopic (exact) mass is 613 g/mol. The van der Waals surface area contributed by atoms with Crippen LogP contribution in [0.5, 0.6) is 0 Å². The maximum absolute atomic E-state index is 13.8. The molecule has 1 aromatic heterocycles. The van der Waals surface area contributed by atoms with Crippen molar-refractivity contribution >= 4 is 49.7 Å². The fraction of sp³-hybridized carbons (Fsp3) is 0.533. The lowest BCUT2D eigenvalue weighted by atomic mass is 9.93. The Bertz CT molecular complexity index is 1660. The zero-order chi connectivity index (χ0) is 30.0. The Morgan fingerprint density at radius 1 is 0.930 bits per heavy atom. The van der Waals surface area contributed by atoms with Crippen LogP contribution >= 0.6 is 0 Å². The van der Waals surface area contributed by atoms with E-state index < -0.39 is 21.2 Å². The SMILES string of the molecule is Cn1nc(N2CCC(F)(F)CC2)c2cc(NC(=O)c3ccc(NS(=O)(=O)C4CNC4)cc3N3CCC4(CC3)CC4)ccc21. The zero-order valence-corrected chi connectivity index (χ0v) is 25.0. The van der Waals surface area contributed by atoms with Crippen LogP contribution in [0.15, 0.2) is 36.4 Å². The van der Waals surface area contributed by atoms with Crippen LogP contribution in [0.2, 0.25) is 0 Å². The molecule has 1 aliphatic carbocycles. The van der Waals surface area contributed by atoms with E-state index >= 15 is 0 Å². The minimum Gasteiger partial charge on any atom is -0.371 e. The number of piperidine rings is 2. The minimum atomic E-state index is -3.54. The Morgan fingerprint density at radius 2 is 1.60 bits per heavy atom. The molecule has 1 amide bonds. The van der Waals surface area contributed by atoms with E-state index in [-0.39, 0.29) is 31.8 Å². The number of benzene rings is 2. The fourth-order valence-corrected chi connectivity index (χ4v) is 7.78. The molecule has 3 aromatic rings. The standard InChI is InChI=1S/C30H37F2N7O3S/c1-37-25-5-3-20(16-24(25)27(35-37)39-14-10-30(31,32)11-15-39)34-28(40)23-4-2-21(36-43(41,42)22-18-33-19-22)17-26(23)38-12-8-29(6-7-29)9-13-38/h2-5,16-17,22,33,36H,6-15,18-19H2,1H3,(H,34,40). The molecule has 4 heterocycles. The summed E-state index contributed by atoms with van der Waals surface area (Å²) in [7, 11) is -1.72. The first-order valence-corrected chi connectivity index (χ1v) is 16.6. The van der Waals surface area contributed by atoms with E-state index in [1.54, 1.807) is 22.9 Å². The van der Waals surface area contributed by atoms with Crippen LogP contribution in [0, 0.1) is 5.41 Å².